The van der Waals surface area contributed by atoms with Crippen molar-refractivity contribution >= 4 is 21.9 Å². The summed E-state index contributed by atoms with van der Waals surface area (Å²) in [5.74, 6) is 0.0375. The molecule has 9 nitrogen and oxygen atoms in total. The zero-order valence-electron chi connectivity index (χ0n) is 12.4. The molecular formula is C14H13N3O6S. The fourth-order valence-corrected chi connectivity index (χ4v) is 2.56. The second kappa shape index (κ2) is 6.96. The molecule has 126 valence electrons. The van der Waals surface area contributed by atoms with E-state index in [0.29, 0.717) is 0 Å². The number of hydrogen-bond acceptors (Lipinski definition) is 7. The number of phenolic OH excluding ortho intramolecular Hbond substituents is 1. The first kappa shape index (κ1) is 17.2. The van der Waals surface area contributed by atoms with Crippen LogP contribution in [0.1, 0.15) is 5.56 Å². The Bertz CT molecular complexity index is 878. The van der Waals surface area contributed by atoms with Gasteiger partial charge >= 0.3 is 0 Å². The van der Waals surface area contributed by atoms with Gasteiger partial charge in [0, 0.05) is 17.7 Å². The summed E-state index contributed by atoms with van der Waals surface area (Å²) in [5.41, 5.74) is 0.0273. The number of nitrogens with one attached hydrogen (secondary N) is 1. The van der Waals surface area contributed by atoms with Crippen LogP contribution in [0.3, 0.4) is 0 Å². The number of benzene rings is 2. The van der Waals surface area contributed by atoms with E-state index in [-0.39, 0.29) is 27.6 Å². The highest BCUT2D eigenvalue weighted by Crippen LogP contribution is 2.27. The second-order valence-corrected chi connectivity index (χ2v) is 6.16. The standard InChI is InChI=1S/C14H13N3O6S/c1-23-13-4-2-3-10(14(13)18)9-15-16-24(21,22)12-7-5-11(6-8-12)17(19)20/h2-9,16,18H,1H3/b15-9+. The van der Waals surface area contributed by atoms with Crippen molar-refractivity contribution in [3.05, 3.63) is 58.1 Å². The van der Waals surface area contributed by atoms with Crippen molar-refractivity contribution in [2.24, 2.45) is 5.10 Å². The number of para-hydroxylation sites is 1. The molecule has 2 N–H and O–H groups in total. The lowest BCUT2D eigenvalue weighted by Gasteiger charge is -2.05. The number of nitro groups is 1. The molecule has 0 aliphatic carbocycles. The largest absolute Gasteiger partial charge is 0.504 e. The molecule has 24 heavy (non-hydrogen) atoms. The lowest BCUT2D eigenvalue weighted by molar-refractivity contribution is -0.384. The van der Waals surface area contributed by atoms with Gasteiger partial charge in [-0.05, 0) is 24.3 Å². The van der Waals surface area contributed by atoms with Gasteiger partial charge in [-0.25, -0.2) is 4.83 Å². The molecule has 0 heterocycles. The van der Waals surface area contributed by atoms with Crippen LogP contribution in [0.2, 0.25) is 0 Å². The Labute approximate surface area is 137 Å². The molecule has 2 aromatic carbocycles. The Kier molecular flexibility index (Phi) is 4.99. The van der Waals surface area contributed by atoms with Gasteiger partial charge in [0.1, 0.15) is 0 Å². The van der Waals surface area contributed by atoms with Crippen LogP contribution >= 0.6 is 0 Å². The minimum absolute atomic E-state index is 0.180. The van der Waals surface area contributed by atoms with Crippen LogP contribution in [0, 0.1) is 10.1 Å². The van der Waals surface area contributed by atoms with Gasteiger partial charge in [0.15, 0.2) is 11.5 Å². The van der Waals surface area contributed by atoms with E-state index in [9.17, 15) is 23.6 Å². The van der Waals surface area contributed by atoms with E-state index in [2.05, 4.69) is 5.10 Å². The Balaban J connectivity index is 2.17. The second-order valence-electron chi connectivity index (χ2n) is 4.50. The first-order valence-electron chi connectivity index (χ1n) is 6.50. The Hall–Kier alpha value is -3.14. The van der Waals surface area contributed by atoms with Gasteiger partial charge in [-0.15, -0.1) is 0 Å². The van der Waals surface area contributed by atoms with Crippen LogP contribution in [0.25, 0.3) is 0 Å². The van der Waals surface area contributed by atoms with Crippen LogP contribution < -0.4 is 9.57 Å². The summed E-state index contributed by atoms with van der Waals surface area (Å²) in [5, 5.41) is 24.0. The monoisotopic (exact) mass is 351 g/mol. The van der Waals surface area contributed by atoms with E-state index in [0.717, 1.165) is 30.5 Å². The van der Waals surface area contributed by atoms with Gasteiger partial charge in [-0.2, -0.15) is 13.5 Å². The molecular weight excluding hydrogens is 338 g/mol. The van der Waals surface area contributed by atoms with Gasteiger partial charge in [0.2, 0.25) is 0 Å². The van der Waals surface area contributed by atoms with E-state index in [1.807, 2.05) is 4.83 Å². The molecule has 0 aliphatic rings. The highest BCUT2D eigenvalue weighted by molar-refractivity contribution is 7.89. The first-order valence-corrected chi connectivity index (χ1v) is 7.99. The zero-order valence-corrected chi connectivity index (χ0v) is 13.2. The number of nitro benzene ring substituents is 1. The molecule has 0 atom stereocenters. The van der Waals surface area contributed by atoms with Gasteiger partial charge in [-0.1, -0.05) is 6.07 Å². The van der Waals surface area contributed by atoms with Crippen LogP contribution in [0.15, 0.2) is 52.5 Å². The van der Waals surface area contributed by atoms with Crippen LogP contribution in [-0.4, -0.2) is 31.8 Å². The number of ether oxygens (including phenoxy) is 1. The number of methoxy groups -OCH3 is 1. The third kappa shape index (κ3) is 3.79. The van der Waals surface area contributed by atoms with Gasteiger partial charge in [0.05, 0.1) is 23.1 Å². The number of nitrogens with zero attached hydrogens (tertiary/aromatic N) is 2. The third-order valence-corrected chi connectivity index (χ3v) is 4.22. The zero-order chi connectivity index (χ0) is 17.7. The molecule has 0 unspecified atom stereocenters. The van der Waals surface area contributed by atoms with Crippen molar-refractivity contribution < 1.29 is 23.2 Å². The third-order valence-electron chi connectivity index (χ3n) is 2.98. The molecule has 2 aromatic rings. The van der Waals surface area contributed by atoms with Gasteiger partial charge in [-0.3, -0.25) is 10.1 Å². The van der Waals surface area contributed by atoms with Crippen molar-refractivity contribution in [3.63, 3.8) is 0 Å². The van der Waals surface area contributed by atoms with E-state index >= 15 is 0 Å². The predicted molar refractivity (Wildman–Crippen MR) is 85.7 cm³/mol. The molecule has 0 amide bonds. The molecule has 0 aliphatic heterocycles. The van der Waals surface area contributed by atoms with Crippen LogP contribution in [0.5, 0.6) is 11.5 Å². The molecule has 0 saturated heterocycles. The number of phenols is 1. The van der Waals surface area contributed by atoms with Gasteiger partial charge in [0.25, 0.3) is 15.7 Å². The quantitative estimate of drug-likeness (QED) is 0.462. The normalized spacial score (nSPS) is 11.4. The van der Waals surface area contributed by atoms with Crippen molar-refractivity contribution in [3.8, 4) is 11.5 Å². The molecule has 0 bridgehead atoms. The number of rotatable bonds is 6. The average Bonchev–Trinajstić information content (AvgIpc) is 2.56. The lowest BCUT2D eigenvalue weighted by Crippen LogP contribution is -2.18. The molecule has 0 radical (unpaired) electrons. The molecule has 2 rings (SSSR count). The summed E-state index contributed by atoms with van der Waals surface area (Å²) in [6, 6.07) is 9.00. The van der Waals surface area contributed by atoms with Crippen molar-refractivity contribution in [2.45, 2.75) is 4.90 Å². The van der Waals surface area contributed by atoms with Crippen LogP contribution in [0.4, 0.5) is 5.69 Å². The van der Waals surface area contributed by atoms with E-state index in [1.165, 1.54) is 19.2 Å². The molecule has 0 saturated carbocycles. The smallest absolute Gasteiger partial charge is 0.276 e. The minimum atomic E-state index is -3.98. The highest BCUT2D eigenvalue weighted by Gasteiger charge is 2.15. The molecule has 0 aromatic heterocycles. The fourth-order valence-electron chi connectivity index (χ4n) is 1.77. The lowest BCUT2D eigenvalue weighted by atomic mass is 10.2. The Morgan fingerprint density at radius 2 is 1.92 bits per heavy atom. The fraction of sp³-hybridized carbons (Fsp3) is 0.0714. The van der Waals surface area contributed by atoms with Crippen molar-refractivity contribution in [2.75, 3.05) is 7.11 Å². The minimum Gasteiger partial charge on any atom is -0.504 e. The van der Waals surface area contributed by atoms with Crippen molar-refractivity contribution in [1.82, 2.24) is 4.83 Å². The number of sulfonamides is 1. The van der Waals surface area contributed by atoms with E-state index < -0.39 is 14.9 Å². The number of aromatic hydroxyl groups is 1. The number of hydrazone groups is 1. The average molecular weight is 351 g/mol. The van der Waals surface area contributed by atoms with Crippen LogP contribution in [-0.2, 0) is 10.0 Å². The molecule has 0 fully saturated rings. The summed E-state index contributed by atoms with van der Waals surface area (Å²) in [6.07, 6.45) is 1.11. The molecule has 0 spiro atoms. The number of hydrogen-bond donors (Lipinski definition) is 2. The maximum Gasteiger partial charge on any atom is 0.276 e. The summed E-state index contributed by atoms with van der Waals surface area (Å²) in [6.45, 7) is 0. The Morgan fingerprint density at radius 3 is 2.50 bits per heavy atom. The summed E-state index contributed by atoms with van der Waals surface area (Å²) < 4.78 is 29.0. The Morgan fingerprint density at radius 1 is 1.25 bits per heavy atom. The maximum atomic E-state index is 12.0. The summed E-state index contributed by atoms with van der Waals surface area (Å²) in [7, 11) is -2.60. The van der Waals surface area contributed by atoms with E-state index in [1.54, 1.807) is 6.07 Å². The SMILES string of the molecule is COc1cccc(/C=N/NS(=O)(=O)c2ccc([N+](=O)[O-])cc2)c1O. The van der Waals surface area contributed by atoms with Gasteiger partial charge < -0.3 is 9.84 Å². The topological polar surface area (TPSA) is 131 Å². The highest BCUT2D eigenvalue weighted by atomic mass is 32.2. The summed E-state index contributed by atoms with van der Waals surface area (Å²) >= 11 is 0. The summed E-state index contributed by atoms with van der Waals surface area (Å²) in [4.78, 5) is 11.7. The van der Waals surface area contributed by atoms with E-state index in [4.69, 9.17) is 4.74 Å². The number of non-ortho nitro benzene ring substituents is 1. The molecule has 10 heteroatoms. The maximum absolute atomic E-state index is 12.0. The van der Waals surface area contributed by atoms with Crippen molar-refractivity contribution in [1.29, 1.82) is 0 Å². The first-order chi connectivity index (χ1) is 11.3. The predicted octanol–water partition coefficient (Wildman–Crippen LogP) is 1.62.